The minimum Gasteiger partial charge on any atom is -0.467 e. The number of sulfonamides is 1. The zero-order chi connectivity index (χ0) is 23.5. The van der Waals surface area contributed by atoms with Crippen LogP contribution in [0.4, 0.5) is 5.69 Å². The third kappa shape index (κ3) is 4.68. The van der Waals surface area contributed by atoms with Gasteiger partial charge in [-0.1, -0.05) is 24.3 Å². The number of amides is 1. The van der Waals surface area contributed by atoms with Gasteiger partial charge < -0.3 is 9.32 Å². The third-order valence-electron chi connectivity index (χ3n) is 6.99. The van der Waals surface area contributed by atoms with Crippen LogP contribution < -0.4 is 4.90 Å². The van der Waals surface area contributed by atoms with E-state index in [4.69, 9.17) is 4.42 Å². The Balaban J connectivity index is 1.29. The van der Waals surface area contributed by atoms with Crippen LogP contribution in [0.5, 0.6) is 0 Å². The van der Waals surface area contributed by atoms with E-state index in [1.807, 2.05) is 54.6 Å². The molecule has 1 amide bonds. The molecule has 5 rings (SSSR count). The fourth-order valence-electron chi connectivity index (χ4n) is 5.05. The summed E-state index contributed by atoms with van der Waals surface area (Å²) in [7, 11) is -3.56. The number of carbonyl (C=O) groups is 1. The lowest BCUT2D eigenvalue weighted by Crippen LogP contribution is -2.44. The van der Waals surface area contributed by atoms with Gasteiger partial charge in [-0.25, -0.2) is 8.42 Å². The molecule has 0 spiro atoms. The van der Waals surface area contributed by atoms with Gasteiger partial charge in [0.25, 0.3) is 0 Å². The van der Waals surface area contributed by atoms with Crippen LogP contribution >= 0.6 is 0 Å². The van der Waals surface area contributed by atoms with E-state index < -0.39 is 10.0 Å². The lowest BCUT2D eigenvalue weighted by atomic mass is 9.92. The van der Waals surface area contributed by atoms with Gasteiger partial charge in [0, 0.05) is 24.7 Å². The minimum absolute atomic E-state index is 0.00780. The van der Waals surface area contributed by atoms with Crippen molar-refractivity contribution in [2.75, 3.05) is 18.0 Å². The third-order valence-corrected chi connectivity index (χ3v) is 8.88. The molecular weight excluding hydrogens is 448 g/mol. The van der Waals surface area contributed by atoms with Crippen molar-refractivity contribution in [1.29, 1.82) is 0 Å². The standard InChI is InChI=1S/C27H30N2O4S/c30-27(29(20-25-11-6-18-33-25)24-9-2-1-3-10-24)22-14-16-28(17-15-22)34(31,32)26-13-12-21-7-4-5-8-23(21)19-26/h1-3,6,9-13,18-19,22H,4-5,7-8,14-17,20H2. The van der Waals surface area contributed by atoms with E-state index in [9.17, 15) is 13.2 Å². The zero-order valence-corrected chi connectivity index (χ0v) is 20.0. The Kier molecular flexibility index (Phi) is 6.57. The fourth-order valence-corrected chi connectivity index (χ4v) is 6.57. The van der Waals surface area contributed by atoms with Crippen LogP contribution in [0.1, 0.15) is 42.6 Å². The predicted molar refractivity (Wildman–Crippen MR) is 131 cm³/mol. The summed E-state index contributed by atoms with van der Waals surface area (Å²) in [5.41, 5.74) is 3.24. The summed E-state index contributed by atoms with van der Waals surface area (Å²) in [4.78, 5) is 15.7. The Bertz CT molecular complexity index is 1230. The number of nitrogens with zero attached hydrogens (tertiary/aromatic N) is 2. The Morgan fingerprint density at radius 3 is 2.38 bits per heavy atom. The number of hydrogen-bond donors (Lipinski definition) is 0. The smallest absolute Gasteiger partial charge is 0.243 e. The summed E-state index contributed by atoms with van der Waals surface area (Å²) < 4.78 is 33.7. The summed E-state index contributed by atoms with van der Waals surface area (Å²) in [5.74, 6) is 0.489. The van der Waals surface area contributed by atoms with Crippen molar-refractivity contribution in [3.8, 4) is 0 Å². The fraction of sp³-hybridized carbons (Fsp3) is 0.370. The summed E-state index contributed by atoms with van der Waals surface area (Å²) in [6.07, 6.45) is 6.86. The van der Waals surface area contributed by atoms with Gasteiger partial charge in [-0.15, -0.1) is 0 Å². The quantitative estimate of drug-likeness (QED) is 0.511. The van der Waals surface area contributed by atoms with Crippen LogP contribution in [0.2, 0.25) is 0 Å². The van der Waals surface area contributed by atoms with Gasteiger partial charge >= 0.3 is 0 Å². The van der Waals surface area contributed by atoms with Crippen molar-refractivity contribution < 1.29 is 17.6 Å². The molecule has 1 aliphatic heterocycles. The number of carbonyl (C=O) groups excluding carboxylic acids is 1. The topological polar surface area (TPSA) is 70.8 Å². The molecule has 0 atom stereocenters. The first-order valence-electron chi connectivity index (χ1n) is 12.0. The van der Waals surface area contributed by atoms with Crippen molar-refractivity contribution in [3.05, 3.63) is 83.8 Å². The molecule has 2 heterocycles. The molecule has 34 heavy (non-hydrogen) atoms. The number of anilines is 1. The first kappa shape index (κ1) is 22.9. The molecule has 0 bridgehead atoms. The SMILES string of the molecule is O=C(C1CCN(S(=O)(=O)c2ccc3c(c2)CCCC3)CC1)N(Cc1ccco1)c1ccccc1. The number of rotatable bonds is 6. The highest BCUT2D eigenvalue weighted by Crippen LogP contribution is 2.30. The number of furan rings is 1. The van der Waals surface area contributed by atoms with E-state index >= 15 is 0 Å². The van der Waals surface area contributed by atoms with Crippen molar-refractivity contribution in [3.63, 3.8) is 0 Å². The van der Waals surface area contributed by atoms with Crippen LogP contribution in [0, 0.1) is 5.92 Å². The van der Waals surface area contributed by atoms with Crippen LogP contribution in [0.15, 0.2) is 76.2 Å². The number of para-hydroxylation sites is 1. The number of benzene rings is 2. The largest absolute Gasteiger partial charge is 0.467 e. The molecule has 1 saturated heterocycles. The first-order valence-corrected chi connectivity index (χ1v) is 13.5. The number of aryl methyl sites for hydroxylation is 2. The molecule has 2 aromatic carbocycles. The maximum absolute atomic E-state index is 13.5. The summed E-state index contributed by atoms with van der Waals surface area (Å²) in [6, 6.07) is 18.8. The Labute approximate surface area is 201 Å². The average Bonchev–Trinajstić information content (AvgIpc) is 3.40. The van der Waals surface area contributed by atoms with Crippen LogP contribution in [-0.2, 0) is 34.2 Å². The van der Waals surface area contributed by atoms with Gasteiger partial charge in [0.05, 0.1) is 17.7 Å². The maximum atomic E-state index is 13.5. The molecule has 0 N–H and O–H groups in total. The van der Waals surface area contributed by atoms with Gasteiger partial charge in [0.2, 0.25) is 15.9 Å². The first-order chi connectivity index (χ1) is 16.5. The van der Waals surface area contributed by atoms with E-state index in [0.717, 1.165) is 30.5 Å². The van der Waals surface area contributed by atoms with Crippen LogP contribution in [0.3, 0.4) is 0 Å². The second-order valence-corrected chi connectivity index (χ2v) is 11.1. The highest BCUT2D eigenvalue weighted by atomic mass is 32.2. The van der Waals surface area contributed by atoms with Crippen molar-refractivity contribution >= 4 is 21.6 Å². The highest BCUT2D eigenvalue weighted by Gasteiger charge is 2.34. The van der Waals surface area contributed by atoms with Gasteiger partial charge in [0.15, 0.2) is 0 Å². The van der Waals surface area contributed by atoms with Crippen LogP contribution in [0.25, 0.3) is 0 Å². The second kappa shape index (κ2) is 9.76. The molecule has 2 aliphatic rings. The predicted octanol–water partition coefficient (Wildman–Crippen LogP) is 4.79. The maximum Gasteiger partial charge on any atom is 0.243 e. The highest BCUT2D eigenvalue weighted by molar-refractivity contribution is 7.89. The van der Waals surface area contributed by atoms with Gasteiger partial charge in [-0.2, -0.15) is 4.31 Å². The number of hydrogen-bond acceptors (Lipinski definition) is 4. The lowest BCUT2D eigenvalue weighted by Gasteiger charge is -2.33. The number of fused-ring (bicyclic) bond motifs is 1. The summed E-state index contributed by atoms with van der Waals surface area (Å²) >= 11 is 0. The second-order valence-electron chi connectivity index (χ2n) is 9.16. The minimum atomic E-state index is -3.56. The van der Waals surface area contributed by atoms with E-state index in [2.05, 4.69) is 0 Å². The van der Waals surface area contributed by atoms with E-state index in [1.54, 1.807) is 21.5 Å². The molecule has 0 saturated carbocycles. The van der Waals surface area contributed by atoms with Gasteiger partial charge in [-0.3, -0.25) is 4.79 Å². The molecule has 1 fully saturated rings. The molecule has 1 aliphatic carbocycles. The Hall–Kier alpha value is -2.90. The normalized spacial score (nSPS) is 17.3. The molecule has 3 aromatic rings. The summed E-state index contributed by atoms with van der Waals surface area (Å²) in [5, 5.41) is 0. The van der Waals surface area contributed by atoms with Crippen molar-refractivity contribution in [2.24, 2.45) is 5.92 Å². The van der Waals surface area contributed by atoms with Crippen molar-refractivity contribution in [2.45, 2.75) is 50.0 Å². The Morgan fingerprint density at radius 1 is 0.941 bits per heavy atom. The summed E-state index contributed by atoms with van der Waals surface area (Å²) in [6.45, 7) is 1.04. The lowest BCUT2D eigenvalue weighted by molar-refractivity contribution is -0.123. The molecule has 7 heteroatoms. The Morgan fingerprint density at radius 2 is 1.68 bits per heavy atom. The van der Waals surface area contributed by atoms with Crippen molar-refractivity contribution in [1.82, 2.24) is 4.31 Å². The molecule has 0 unspecified atom stereocenters. The molecule has 1 aromatic heterocycles. The molecular formula is C27H30N2O4S. The van der Waals surface area contributed by atoms with E-state index in [-0.39, 0.29) is 11.8 Å². The number of piperidine rings is 1. The zero-order valence-electron chi connectivity index (χ0n) is 19.2. The molecule has 6 nitrogen and oxygen atoms in total. The molecule has 178 valence electrons. The monoisotopic (exact) mass is 478 g/mol. The van der Waals surface area contributed by atoms with E-state index in [0.29, 0.717) is 43.1 Å². The van der Waals surface area contributed by atoms with E-state index in [1.165, 1.54) is 12.0 Å². The van der Waals surface area contributed by atoms with Gasteiger partial charge in [-0.05, 0) is 86.1 Å². The molecule has 0 radical (unpaired) electrons. The van der Waals surface area contributed by atoms with Crippen LogP contribution in [-0.4, -0.2) is 31.7 Å². The average molecular weight is 479 g/mol. The van der Waals surface area contributed by atoms with Gasteiger partial charge in [0.1, 0.15) is 5.76 Å².